The van der Waals surface area contributed by atoms with Crippen LogP contribution >= 0.6 is 0 Å². The highest BCUT2D eigenvalue weighted by Crippen LogP contribution is 2.04. The van der Waals surface area contributed by atoms with Crippen molar-refractivity contribution in [2.24, 2.45) is 0 Å². The molecule has 3 atom stereocenters. The first kappa shape index (κ1) is 24.8. The molecule has 3 unspecified atom stereocenters. The first-order valence-electron chi connectivity index (χ1n) is 8.85. The number of aliphatic hydroxyl groups excluding tert-OH is 3. The van der Waals surface area contributed by atoms with Gasteiger partial charge >= 0.3 is 0 Å². The van der Waals surface area contributed by atoms with Crippen LogP contribution in [-0.4, -0.2) is 83.4 Å². The molecule has 0 aliphatic heterocycles. The number of rotatable bonds is 13. The Morgan fingerprint density at radius 3 is 1.56 bits per heavy atom. The Bertz CT molecular complexity index is 501. The minimum absolute atomic E-state index is 0.0564. The lowest BCUT2D eigenvalue weighted by atomic mass is 10.1. The van der Waals surface area contributed by atoms with Gasteiger partial charge in [0.15, 0.2) is 6.10 Å². The van der Waals surface area contributed by atoms with Crippen molar-refractivity contribution in [2.45, 2.75) is 51.4 Å². The third-order valence-electron chi connectivity index (χ3n) is 3.54. The number of hydrogen-bond acceptors (Lipinski definition) is 7. The first-order valence-corrected chi connectivity index (χ1v) is 8.85. The Morgan fingerprint density at radius 1 is 0.704 bits per heavy atom. The van der Waals surface area contributed by atoms with Crippen molar-refractivity contribution in [3.8, 4) is 0 Å². The molecule has 11 heteroatoms. The van der Waals surface area contributed by atoms with Gasteiger partial charge < -0.3 is 36.6 Å². The summed E-state index contributed by atoms with van der Waals surface area (Å²) in [5.74, 6) is -2.05. The second-order valence-corrected chi connectivity index (χ2v) is 5.75. The molecule has 156 valence electrons. The maximum atomic E-state index is 11.7. The van der Waals surface area contributed by atoms with E-state index in [2.05, 4.69) is 21.3 Å². The van der Waals surface area contributed by atoms with E-state index in [1.807, 2.05) is 0 Å². The second-order valence-electron chi connectivity index (χ2n) is 5.75. The summed E-state index contributed by atoms with van der Waals surface area (Å²) in [5.41, 5.74) is 0. The zero-order valence-electron chi connectivity index (χ0n) is 15.7. The Labute approximate surface area is 157 Å². The van der Waals surface area contributed by atoms with E-state index < -0.39 is 36.5 Å². The smallest absolute Gasteiger partial charge is 0.251 e. The fourth-order valence-electron chi connectivity index (χ4n) is 1.89. The van der Waals surface area contributed by atoms with Crippen LogP contribution in [0, 0.1) is 0 Å². The van der Waals surface area contributed by atoms with Gasteiger partial charge in [0.25, 0.3) is 5.91 Å². The van der Waals surface area contributed by atoms with E-state index >= 15 is 0 Å². The third kappa shape index (κ3) is 11.2. The van der Waals surface area contributed by atoms with Crippen molar-refractivity contribution in [2.75, 3.05) is 26.2 Å². The number of carbonyl (C=O) groups is 4. The van der Waals surface area contributed by atoms with Gasteiger partial charge in [-0.2, -0.15) is 0 Å². The Kier molecular flexibility index (Phi) is 12.7. The van der Waals surface area contributed by atoms with Gasteiger partial charge in [0.1, 0.15) is 6.10 Å². The lowest BCUT2D eigenvalue weighted by molar-refractivity contribution is -0.140. The van der Waals surface area contributed by atoms with Crippen molar-refractivity contribution in [3.63, 3.8) is 0 Å². The summed E-state index contributed by atoms with van der Waals surface area (Å²) in [5, 5.41) is 39.0. The van der Waals surface area contributed by atoms with Crippen molar-refractivity contribution in [1.29, 1.82) is 0 Å². The molecule has 0 radical (unpaired) electrons. The van der Waals surface area contributed by atoms with Crippen LogP contribution in [-0.2, 0) is 19.2 Å². The Morgan fingerprint density at radius 2 is 1.11 bits per heavy atom. The van der Waals surface area contributed by atoms with Crippen LogP contribution in [0.4, 0.5) is 0 Å². The minimum atomic E-state index is -1.84. The maximum absolute atomic E-state index is 11.7. The van der Waals surface area contributed by atoms with E-state index in [1.54, 1.807) is 13.8 Å². The van der Waals surface area contributed by atoms with E-state index in [4.69, 9.17) is 0 Å². The Hall–Kier alpha value is -2.24. The maximum Gasteiger partial charge on any atom is 0.251 e. The molecule has 7 N–H and O–H groups in total. The van der Waals surface area contributed by atoms with Crippen LogP contribution in [0.1, 0.15) is 33.1 Å². The highest BCUT2D eigenvalue weighted by molar-refractivity contribution is 5.82. The predicted octanol–water partition coefficient (Wildman–Crippen LogP) is -3.26. The van der Waals surface area contributed by atoms with E-state index in [9.17, 15) is 34.5 Å². The van der Waals surface area contributed by atoms with Crippen LogP contribution in [0.15, 0.2) is 0 Å². The van der Waals surface area contributed by atoms with Crippen LogP contribution < -0.4 is 21.3 Å². The average Bonchev–Trinajstić information content (AvgIpc) is 2.66. The van der Waals surface area contributed by atoms with Crippen molar-refractivity contribution >= 4 is 23.6 Å². The zero-order valence-corrected chi connectivity index (χ0v) is 15.7. The minimum Gasteiger partial charge on any atom is -0.390 e. The monoisotopic (exact) mass is 390 g/mol. The number of aliphatic hydroxyl groups is 3. The molecular formula is C16H30N4O7. The standard InChI is InChI=1S/C16H30N4O7/c1-3-12(23)17-5-7-19-15(26)11(22)9-10(21)14(25)16(27)20-8-6-18-13(24)4-2/h10-11,14,21-22,25H,3-9H2,1-2H3,(H,17,23)(H,18,24)(H,19,26)(H,20,27). The summed E-state index contributed by atoms with van der Waals surface area (Å²) in [6, 6.07) is 0. The normalized spacial score (nSPS) is 13.8. The van der Waals surface area contributed by atoms with Gasteiger partial charge in [0.2, 0.25) is 17.7 Å². The SMILES string of the molecule is CCC(=O)NCCNC(=O)C(O)CC(O)C(O)C(=O)NCCNC(=O)CC. The van der Waals surface area contributed by atoms with Crippen LogP contribution in [0.2, 0.25) is 0 Å². The molecule has 0 saturated carbocycles. The molecule has 0 spiro atoms. The summed E-state index contributed by atoms with van der Waals surface area (Å²) < 4.78 is 0. The molecular weight excluding hydrogens is 360 g/mol. The Balaban J connectivity index is 4.11. The van der Waals surface area contributed by atoms with E-state index in [0.29, 0.717) is 12.8 Å². The van der Waals surface area contributed by atoms with Crippen LogP contribution in [0.5, 0.6) is 0 Å². The van der Waals surface area contributed by atoms with Crippen molar-refractivity contribution in [3.05, 3.63) is 0 Å². The third-order valence-corrected chi connectivity index (χ3v) is 3.54. The first-order chi connectivity index (χ1) is 12.7. The number of hydrogen-bond donors (Lipinski definition) is 7. The molecule has 0 aromatic heterocycles. The van der Waals surface area contributed by atoms with Gasteiger partial charge in [0.05, 0.1) is 6.10 Å². The fraction of sp³-hybridized carbons (Fsp3) is 0.750. The average molecular weight is 390 g/mol. The van der Waals surface area contributed by atoms with Crippen LogP contribution in [0.25, 0.3) is 0 Å². The number of carbonyl (C=O) groups excluding carboxylic acids is 4. The molecule has 27 heavy (non-hydrogen) atoms. The second kappa shape index (κ2) is 13.9. The highest BCUT2D eigenvalue weighted by atomic mass is 16.3. The molecule has 0 aliphatic carbocycles. The highest BCUT2D eigenvalue weighted by Gasteiger charge is 2.28. The molecule has 0 saturated heterocycles. The van der Waals surface area contributed by atoms with E-state index in [1.165, 1.54) is 0 Å². The molecule has 0 aliphatic rings. The number of amides is 4. The van der Waals surface area contributed by atoms with Gasteiger partial charge in [0, 0.05) is 45.4 Å². The molecule has 11 nitrogen and oxygen atoms in total. The van der Waals surface area contributed by atoms with Gasteiger partial charge in [-0.25, -0.2) is 0 Å². The summed E-state index contributed by atoms with van der Waals surface area (Å²) in [7, 11) is 0. The van der Waals surface area contributed by atoms with E-state index in [0.717, 1.165) is 0 Å². The quantitative estimate of drug-likeness (QED) is 0.161. The van der Waals surface area contributed by atoms with Crippen molar-refractivity contribution in [1.82, 2.24) is 21.3 Å². The molecule has 0 fully saturated rings. The lowest BCUT2D eigenvalue weighted by Gasteiger charge is -2.20. The van der Waals surface area contributed by atoms with E-state index in [-0.39, 0.29) is 38.0 Å². The fourth-order valence-corrected chi connectivity index (χ4v) is 1.89. The number of nitrogens with one attached hydrogen (secondary N) is 4. The summed E-state index contributed by atoms with van der Waals surface area (Å²) in [6.45, 7) is 3.86. The molecule has 0 aromatic carbocycles. The molecule has 4 amide bonds. The topological polar surface area (TPSA) is 177 Å². The summed E-state index contributed by atoms with van der Waals surface area (Å²) in [6.07, 6.45) is -5.05. The van der Waals surface area contributed by atoms with Gasteiger partial charge in [-0.3, -0.25) is 19.2 Å². The largest absolute Gasteiger partial charge is 0.390 e. The lowest BCUT2D eigenvalue weighted by Crippen LogP contribution is -2.47. The summed E-state index contributed by atoms with van der Waals surface area (Å²) >= 11 is 0. The molecule has 0 aromatic rings. The zero-order chi connectivity index (χ0) is 20.8. The van der Waals surface area contributed by atoms with Crippen LogP contribution in [0.3, 0.4) is 0 Å². The predicted molar refractivity (Wildman–Crippen MR) is 95.3 cm³/mol. The van der Waals surface area contributed by atoms with Gasteiger partial charge in [-0.15, -0.1) is 0 Å². The molecule has 0 rings (SSSR count). The van der Waals surface area contributed by atoms with Crippen molar-refractivity contribution < 1.29 is 34.5 Å². The van der Waals surface area contributed by atoms with Gasteiger partial charge in [-0.05, 0) is 0 Å². The summed E-state index contributed by atoms with van der Waals surface area (Å²) in [4.78, 5) is 45.4. The van der Waals surface area contributed by atoms with Gasteiger partial charge in [-0.1, -0.05) is 13.8 Å². The molecule has 0 heterocycles. The molecule has 0 bridgehead atoms.